The smallest absolute Gasteiger partial charge is 0.321 e. The third-order valence-corrected chi connectivity index (χ3v) is 9.69. The first-order chi connectivity index (χ1) is 20.4. The molecule has 2 aliphatic rings. The molecule has 43 heavy (non-hydrogen) atoms. The predicted molar refractivity (Wildman–Crippen MR) is 167 cm³/mol. The van der Waals surface area contributed by atoms with Crippen molar-refractivity contribution in [1.82, 2.24) is 30.0 Å². The Bertz CT molecular complexity index is 1500. The maximum Gasteiger partial charge on any atom is 0.321 e. The molecule has 2 aromatic carbocycles. The maximum atomic E-state index is 16.4. The topological polar surface area (TPSA) is 99.6 Å². The normalized spacial score (nSPS) is 22.0. The van der Waals surface area contributed by atoms with E-state index >= 15 is 4.39 Å². The Kier molecular flexibility index (Phi) is 8.97. The third kappa shape index (κ3) is 7.11. The summed E-state index contributed by atoms with van der Waals surface area (Å²) < 4.78 is 44.1. The number of carbonyl (C=O) groups is 1. The van der Waals surface area contributed by atoms with Gasteiger partial charge in [0.05, 0.1) is 18.3 Å². The quantitative estimate of drug-likeness (QED) is 0.399. The van der Waals surface area contributed by atoms with Crippen LogP contribution in [0.5, 0.6) is 0 Å². The lowest BCUT2D eigenvalue weighted by atomic mass is 9.84. The number of piperazine rings is 1. The summed E-state index contributed by atoms with van der Waals surface area (Å²) >= 11 is 0. The van der Waals surface area contributed by atoms with Crippen LogP contribution in [0.25, 0.3) is 11.3 Å². The number of nitrogens with one attached hydrogen (secondary N) is 2. The van der Waals surface area contributed by atoms with Crippen LogP contribution in [0.2, 0.25) is 0 Å². The van der Waals surface area contributed by atoms with E-state index in [0.29, 0.717) is 25.5 Å². The van der Waals surface area contributed by atoms with Crippen molar-refractivity contribution < 1.29 is 17.6 Å². The monoisotopic (exact) mass is 610 g/mol. The van der Waals surface area contributed by atoms with Gasteiger partial charge in [-0.2, -0.15) is 0 Å². The van der Waals surface area contributed by atoms with Crippen molar-refractivity contribution in [3.63, 3.8) is 0 Å². The fourth-order valence-corrected chi connectivity index (χ4v) is 7.24. The van der Waals surface area contributed by atoms with Crippen molar-refractivity contribution in [2.45, 2.75) is 50.8 Å². The van der Waals surface area contributed by atoms with Crippen LogP contribution >= 0.6 is 0 Å². The largest absolute Gasteiger partial charge is 0.328 e. The molecule has 0 aliphatic carbocycles. The summed E-state index contributed by atoms with van der Waals surface area (Å²) in [4.78, 5) is 22.7. The number of rotatable bonds is 8. The molecule has 3 aromatic rings. The van der Waals surface area contributed by atoms with Gasteiger partial charge in [-0.15, -0.1) is 0 Å². The summed E-state index contributed by atoms with van der Waals surface area (Å²) in [6, 6.07) is 18.7. The fourth-order valence-electron chi connectivity index (χ4n) is 6.17. The van der Waals surface area contributed by atoms with E-state index < -0.39 is 38.4 Å². The first kappa shape index (κ1) is 31.2. The van der Waals surface area contributed by atoms with Gasteiger partial charge in [-0.25, -0.2) is 22.6 Å². The molecule has 2 saturated heterocycles. The summed E-state index contributed by atoms with van der Waals surface area (Å²) in [6.45, 7) is 7.80. The highest BCUT2D eigenvalue weighted by atomic mass is 32.2. The summed E-state index contributed by atoms with van der Waals surface area (Å²) in [5.74, 6) is 0.629. The van der Waals surface area contributed by atoms with Gasteiger partial charge in [-0.1, -0.05) is 81.4 Å². The molecule has 232 valence electrons. The molecule has 2 aliphatic heterocycles. The number of amides is 2. The number of benzene rings is 2. The minimum atomic E-state index is -3.61. The number of imidazole rings is 1. The molecule has 9 nitrogen and oxygen atoms in total. The van der Waals surface area contributed by atoms with Crippen LogP contribution in [0.3, 0.4) is 0 Å². The minimum Gasteiger partial charge on any atom is -0.328 e. The number of hydrogen-bond acceptors (Lipinski definition) is 6. The van der Waals surface area contributed by atoms with Gasteiger partial charge in [0.15, 0.2) is 9.84 Å². The molecular weight excluding hydrogens is 567 g/mol. The highest BCUT2D eigenvalue weighted by Gasteiger charge is 2.47. The Morgan fingerprint density at radius 1 is 1.09 bits per heavy atom. The van der Waals surface area contributed by atoms with Crippen LogP contribution in [0.4, 0.5) is 9.18 Å². The van der Waals surface area contributed by atoms with E-state index in [-0.39, 0.29) is 32.6 Å². The van der Waals surface area contributed by atoms with Gasteiger partial charge in [0, 0.05) is 50.7 Å². The van der Waals surface area contributed by atoms with E-state index in [9.17, 15) is 13.2 Å². The van der Waals surface area contributed by atoms with Crippen LogP contribution < -0.4 is 10.6 Å². The Morgan fingerprint density at radius 3 is 2.37 bits per heavy atom. The number of carbonyl (C=O) groups excluding carboxylic acids is 1. The van der Waals surface area contributed by atoms with Gasteiger partial charge >= 0.3 is 6.03 Å². The molecule has 0 saturated carbocycles. The van der Waals surface area contributed by atoms with Crippen molar-refractivity contribution in [3.05, 3.63) is 78.2 Å². The number of nitrogens with zero attached hydrogens (tertiary/aromatic N) is 4. The van der Waals surface area contributed by atoms with E-state index in [0.717, 1.165) is 23.1 Å². The standard InChI is InChI=1S/C32H43FN6O3S/c1-31(2,3)28(29-36-26(25-13-9-6-10-14-25)21-37(29)20-24-11-7-5-8-12-24)39(23-32(33)15-16-35-22-32)30(40)38-18-17-34-19-27(38)43(4,41)42/h5-14,21,27-28,34-35H,15-20,22-23H2,1-4H3/t27?,28-,32-/m0/s1. The lowest BCUT2D eigenvalue weighted by molar-refractivity contribution is 0.0366. The highest BCUT2D eigenvalue weighted by Crippen LogP contribution is 2.41. The Hall–Kier alpha value is -3.28. The molecule has 1 unspecified atom stereocenters. The maximum absolute atomic E-state index is 16.4. The number of halogens is 1. The van der Waals surface area contributed by atoms with Crippen molar-refractivity contribution in [1.29, 1.82) is 0 Å². The predicted octanol–water partition coefficient (Wildman–Crippen LogP) is 4.09. The average Bonchev–Trinajstić information content (AvgIpc) is 3.58. The Labute approximate surface area is 254 Å². The van der Waals surface area contributed by atoms with Gasteiger partial charge < -0.3 is 25.0 Å². The number of alkyl halides is 1. The summed E-state index contributed by atoms with van der Waals surface area (Å²) in [6.07, 6.45) is 3.40. The van der Waals surface area contributed by atoms with Crippen molar-refractivity contribution in [2.75, 3.05) is 45.5 Å². The minimum absolute atomic E-state index is 0.123. The van der Waals surface area contributed by atoms with E-state index in [1.54, 1.807) is 4.90 Å². The number of hydrogen-bond donors (Lipinski definition) is 2. The summed E-state index contributed by atoms with van der Waals surface area (Å²) in [5.41, 5.74) is 0.504. The van der Waals surface area contributed by atoms with E-state index in [1.165, 1.54) is 4.90 Å². The lowest BCUT2D eigenvalue weighted by Crippen LogP contribution is -2.62. The van der Waals surface area contributed by atoms with Gasteiger partial charge in [0.1, 0.15) is 16.9 Å². The molecule has 5 rings (SSSR count). The number of urea groups is 1. The van der Waals surface area contributed by atoms with Crippen LogP contribution in [0, 0.1) is 5.41 Å². The van der Waals surface area contributed by atoms with Crippen molar-refractivity contribution >= 4 is 15.9 Å². The molecule has 0 radical (unpaired) electrons. The molecule has 2 fully saturated rings. The van der Waals surface area contributed by atoms with Crippen molar-refractivity contribution in [3.8, 4) is 11.3 Å². The fraction of sp³-hybridized carbons (Fsp3) is 0.500. The molecule has 1 aromatic heterocycles. The number of sulfone groups is 1. The lowest BCUT2D eigenvalue weighted by Gasteiger charge is -2.46. The van der Waals surface area contributed by atoms with Crippen LogP contribution in [-0.4, -0.2) is 90.4 Å². The average molecular weight is 611 g/mol. The summed E-state index contributed by atoms with van der Waals surface area (Å²) in [7, 11) is -3.61. The molecule has 2 N–H and O–H groups in total. The highest BCUT2D eigenvalue weighted by molar-refractivity contribution is 7.91. The SMILES string of the molecule is CC(C)(C)[C@H](c1nc(-c2ccccc2)cn1Cc1ccccc1)N(C[C@]1(F)CCNC1)C(=O)N1CCNCC1S(C)(=O)=O. The van der Waals surface area contributed by atoms with Gasteiger partial charge in [-0.3, -0.25) is 0 Å². The third-order valence-electron chi connectivity index (χ3n) is 8.28. The molecule has 11 heteroatoms. The molecule has 2 amide bonds. The van der Waals surface area contributed by atoms with Gasteiger partial charge in [0.2, 0.25) is 0 Å². The second kappa shape index (κ2) is 12.4. The van der Waals surface area contributed by atoms with Gasteiger partial charge in [0.25, 0.3) is 0 Å². The van der Waals surface area contributed by atoms with Crippen molar-refractivity contribution in [2.24, 2.45) is 5.41 Å². The zero-order valence-corrected chi connectivity index (χ0v) is 26.3. The zero-order valence-electron chi connectivity index (χ0n) is 25.5. The van der Waals surface area contributed by atoms with Crippen LogP contribution in [0.15, 0.2) is 66.9 Å². The number of aromatic nitrogens is 2. The molecule has 3 heterocycles. The van der Waals surface area contributed by atoms with Crippen LogP contribution in [0.1, 0.15) is 44.6 Å². The van der Waals surface area contributed by atoms with Crippen LogP contribution in [-0.2, 0) is 16.4 Å². The second-order valence-electron chi connectivity index (χ2n) is 12.9. The van der Waals surface area contributed by atoms with E-state index in [1.807, 2.05) is 87.6 Å². The first-order valence-corrected chi connectivity index (χ1v) is 16.8. The summed E-state index contributed by atoms with van der Waals surface area (Å²) in [5, 5.41) is 5.16. The molecule has 0 spiro atoms. The zero-order chi connectivity index (χ0) is 30.8. The molecular formula is C32H43FN6O3S. The molecule has 3 atom stereocenters. The van der Waals surface area contributed by atoms with E-state index in [4.69, 9.17) is 4.98 Å². The van der Waals surface area contributed by atoms with Gasteiger partial charge in [-0.05, 0) is 23.9 Å². The second-order valence-corrected chi connectivity index (χ2v) is 15.1. The molecule has 0 bridgehead atoms. The Morgan fingerprint density at radius 2 is 1.77 bits per heavy atom. The van der Waals surface area contributed by atoms with E-state index in [2.05, 4.69) is 15.2 Å². The Balaban J connectivity index is 1.66. The first-order valence-electron chi connectivity index (χ1n) is 14.9.